The number of rotatable bonds is 6. The summed E-state index contributed by atoms with van der Waals surface area (Å²) in [6.45, 7) is 2.93. The Hall–Kier alpha value is -1.52. The Morgan fingerprint density at radius 1 is 1.25 bits per heavy atom. The maximum atomic E-state index is 5.59. The van der Waals surface area contributed by atoms with Crippen molar-refractivity contribution < 1.29 is 9.15 Å². The van der Waals surface area contributed by atoms with Gasteiger partial charge in [0.25, 0.3) is 0 Å². The molecular formula is C12H16N2O2. The van der Waals surface area contributed by atoms with Crippen molar-refractivity contribution in [3.8, 4) is 5.75 Å². The normalized spacial score (nSPS) is 10.8. The lowest BCUT2D eigenvalue weighted by Crippen LogP contribution is -2.26. The van der Waals surface area contributed by atoms with Gasteiger partial charge in [0.1, 0.15) is 17.9 Å². The van der Waals surface area contributed by atoms with Gasteiger partial charge in [-0.25, -0.2) is 0 Å². The van der Waals surface area contributed by atoms with Crippen LogP contribution in [0.4, 0.5) is 0 Å². The van der Waals surface area contributed by atoms with Gasteiger partial charge in [0, 0.05) is 25.0 Å². The van der Waals surface area contributed by atoms with Crippen LogP contribution in [0.25, 0.3) is 11.0 Å². The molecule has 86 valence electrons. The maximum absolute atomic E-state index is 5.59. The fourth-order valence-corrected chi connectivity index (χ4v) is 1.50. The van der Waals surface area contributed by atoms with E-state index in [9.17, 15) is 0 Å². The molecule has 0 aliphatic carbocycles. The SMILES string of the molecule is NCCNCCOc1ccc2occc2c1. The Labute approximate surface area is 94.4 Å². The van der Waals surface area contributed by atoms with E-state index in [0.29, 0.717) is 13.2 Å². The summed E-state index contributed by atoms with van der Waals surface area (Å²) in [6.07, 6.45) is 1.68. The summed E-state index contributed by atoms with van der Waals surface area (Å²) in [5.74, 6) is 0.864. The number of nitrogens with one attached hydrogen (secondary N) is 1. The molecule has 1 heterocycles. The van der Waals surface area contributed by atoms with Gasteiger partial charge in [0.15, 0.2) is 0 Å². The number of furan rings is 1. The van der Waals surface area contributed by atoms with Crippen molar-refractivity contribution in [2.45, 2.75) is 0 Å². The zero-order valence-corrected chi connectivity index (χ0v) is 9.11. The zero-order chi connectivity index (χ0) is 11.2. The van der Waals surface area contributed by atoms with E-state index in [1.54, 1.807) is 6.26 Å². The highest BCUT2D eigenvalue weighted by Gasteiger charge is 1.99. The third kappa shape index (κ3) is 2.74. The molecule has 0 bridgehead atoms. The second-order valence-electron chi connectivity index (χ2n) is 3.51. The molecule has 0 fully saturated rings. The van der Waals surface area contributed by atoms with Crippen LogP contribution in [0.15, 0.2) is 34.9 Å². The predicted octanol–water partition coefficient (Wildman–Crippen LogP) is 1.36. The summed E-state index contributed by atoms with van der Waals surface area (Å²) in [4.78, 5) is 0. The van der Waals surface area contributed by atoms with Gasteiger partial charge < -0.3 is 20.2 Å². The Morgan fingerprint density at radius 3 is 3.06 bits per heavy atom. The molecule has 3 N–H and O–H groups in total. The first-order chi connectivity index (χ1) is 7.90. The quantitative estimate of drug-likeness (QED) is 0.722. The van der Waals surface area contributed by atoms with Crippen LogP contribution >= 0.6 is 0 Å². The molecular weight excluding hydrogens is 204 g/mol. The van der Waals surface area contributed by atoms with Gasteiger partial charge in [-0.2, -0.15) is 0 Å². The predicted molar refractivity (Wildman–Crippen MR) is 63.6 cm³/mol. The maximum Gasteiger partial charge on any atom is 0.134 e. The highest BCUT2D eigenvalue weighted by molar-refractivity contribution is 5.78. The summed E-state index contributed by atoms with van der Waals surface area (Å²) in [5, 5.41) is 4.23. The first kappa shape index (κ1) is 11.0. The highest BCUT2D eigenvalue weighted by Crippen LogP contribution is 2.21. The van der Waals surface area contributed by atoms with Crippen molar-refractivity contribution >= 4 is 11.0 Å². The Bertz CT molecular complexity index is 439. The molecule has 0 amide bonds. The smallest absolute Gasteiger partial charge is 0.134 e. The van der Waals surface area contributed by atoms with E-state index in [4.69, 9.17) is 14.9 Å². The molecule has 0 aliphatic heterocycles. The summed E-state index contributed by atoms with van der Waals surface area (Å²) >= 11 is 0. The Morgan fingerprint density at radius 2 is 2.19 bits per heavy atom. The fraction of sp³-hybridized carbons (Fsp3) is 0.333. The van der Waals surface area contributed by atoms with Gasteiger partial charge in [-0.15, -0.1) is 0 Å². The topological polar surface area (TPSA) is 60.4 Å². The second-order valence-corrected chi connectivity index (χ2v) is 3.51. The Kier molecular flexibility index (Phi) is 3.80. The van der Waals surface area contributed by atoms with Crippen molar-refractivity contribution in [1.82, 2.24) is 5.32 Å². The molecule has 2 aromatic rings. The molecule has 0 aliphatic rings. The van der Waals surface area contributed by atoms with Crippen molar-refractivity contribution in [3.63, 3.8) is 0 Å². The third-order valence-electron chi connectivity index (χ3n) is 2.29. The molecule has 4 heteroatoms. The van der Waals surface area contributed by atoms with E-state index < -0.39 is 0 Å². The average Bonchev–Trinajstić information content (AvgIpc) is 2.76. The van der Waals surface area contributed by atoms with Crippen LogP contribution in [0.3, 0.4) is 0 Å². The lowest BCUT2D eigenvalue weighted by Gasteiger charge is -2.06. The summed E-state index contributed by atoms with van der Waals surface area (Å²) in [6, 6.07) is 7.73. The van der Waals surface area contributed by atoms with Crippen LogP contribution in [-0.2, 0) is 0 Å². The molecule has 2 rings (SSSR count). The van der Waals surface area contributed by atoms with E-state index in [0.717, 1.165) is 29.8 Å². The summed E-state index contributed by atoms with van der Waals surface area (Å²) in [7, 11) is 0. The number of benzene rings is 1. The van der Waals surface area contributed by atoms with Gasteiger partial charge >= 0.3 is 0 Å². The second kappa shape index (κ2) is 5.53. The molecule has 4 nitrogen and oxygen atoms in total. The van der Waals surface area contributed by atoms with E-state index in [2.05, 4.69) is 5.32 Å². The van der Waals surface area contributed by atoms with Gasteiger partial charge in [-0.05, 0) is 24.3 Å². The lowest BCUT2D eigenvalue weighted by atomic mass is 10.2. The van der Waals surface area contributed by atoms with Crippen molar-refractivity contribution in [2.75, 3.05) is 26.2 Å². The summed E-state index contributed by atoms with van der Waals surface area (Å²) in [5.41, 5.74) is 6.24. The van der Waals surface area contributed by atoms with E-state index >= 15 is 0 Å². The number of fused-ring (bicyclic) bond motifs is 1. The van der Waals surface area contributed by atoms with Crippen LogP contribution < -0.4 is 15.8 Å². The monoisotopic (exact) mass is 220 g/mol. The average molecular weight is 220 g/mol. The highest BCUT2D eigenvalue weighted by atomic mass is 16.5. The van der Waals surface area contributed by atoms with Crippen LogP contribution in [0.5, 0.6) is 5.75 Å². The molecule has 0 radical (unpaired) electrons. The van der Waals surface area contributed by atoms with Crippen molar-refractivity contribution in [3.05, 3.63) is 30.5 Å². The van der Waals surface area contributed by atoms with Gasteiger partial charge in [0.2, 0.25) is 0 Å². The van der Waals surface area contributed by atoms with Crippen molar-refractivity contribution in [1.29, 1.82) is 0 Å². The van der Waals surface area contributed by atoms with Crippen LogP contribution in [0, 0.1) is 0 Å². The van der Waals surface area contributed by atoms with Crippen molar-refractivity contribution in [2.24, 2.45) is 5.73 Å². The molecule has 0 unspecified atom stereocenters. The molecule has 1 aromatic heterocycles. The van der Waals surface area contributed by atoms with Gasteiger partial charge in [0.05, 0.1) is 6.26 Å². The van der Waals surface area contributed by atoms with Gasteiger partial charge in [-0.1, -0.05) is 0 Å². The van der Waals surface area contributed by atoms with Crippen LogP contribution in [-0.4, -0.2) is 26.2 Å². The minimum absolute atomic E-state index is 0.642. The minimum Gasteiger partial charge on any atom is -0.492 e. The number of ether oxygens (including phenoxy) is 1. The summed E-state index contributed by atoms with van der Waals surface area (Å²) < 4.78 is 10.8. The molecule has 16 heavy (non-hydrogen) atoms. The standard InChI is InChI=1S/C12H16N2O2/c13-4-5-14-6-8-15-11-1-2-12-10(9-11)3-7-16-12/h1-3,7,9,14H,4-6,8,13H2. The first-order valence-electron chi connectivity index (χ1n) is 5.41. The number of nitrogens with two attached hydrogens (primary N) is 1. The zero-order valence-electron chi connectivity index (χ0n) is 9.11. The molecule has 0 saturated carbocycles. The van der Waals surface area contributed by atoms with Gasteiger partial charge in [-0.3, -0.25) is 0 Å². The van der Waals surface area contributed by atoms with Crippen LogP contribution in [0.2, 0.25) is 0 Å². The number of hydrogen-bond acceptors (Lipinski definition) is 4. The van der Waals surface area contributed by atoms with E-state index in [1.165, 1.54) is 0 Å². The first-order valence-corrected chi connectivity index (χ1v) is 5.41. The minimum atomic E-state index is 0.642. The molecule has 0 spiro atoms. The third-order valence-corrected chi connectivity index (χ3v) is 2.29. The van der Waals surface area contributed by atoms with E-state index in [1.807, 2.05) is 24.3 Å². The number of hydrogen-bond donors (Lipinski definition) is 2. The Balaban J connectivity index is 1.84. The fourth-order valence-electron chi connectivity index (χ4n) is 1.50. The largest absolute Gasteiger partial charge is 0.492 e. The van der Waals surface area contributed by atoms with E-state index in [-0.39, 0.29) is 0 Å². The molecule has 1 aromatic carbocycles. The molecule has 0 saturated heterocycles. The van der Waals surface area contributed by atoms with Crippen LogP contribution in [0.1, 0.15) is 0 Å². The lowest BCUT2D eigenvalue weighted by molar-refractivity contribution is 0.315. The molecule has 0 atom stereocenters.